The largest absolute Gasteiger partial charge is 0.356 e. The van der Waals surface area contributed by atoms with Crippen LogP contribution in [-0.2, 0) is 11.3 Å². The molecule has 0 saturated carbocycles. The van der Waals surface area contributed by atoms with E-state index in [9.17, 15) is 4.79 Å². The van der Waals surface area contributed by atoms with E-state index in [1.54, 1.807) is 19.0 Å². The summed E-state index contributed by atoms with van der Waals surface area (Å²) in [4.78, 5) is 22.7. The van der Waals surface area contributed by atoms with Crippen molar-refractivity contribution in [1.29, 1.82) is 0 Å². The molecule has 1 unspecified atom stereocenters. The molecule has 2 aromatic carbocycles. The maximum Gasteiger partial charge on any atom is 0.243 e. The number of nitrogens with one attached hydrogen (secondary N) is 2. The van der Waals surface area contributed by atoms with Crippen molar-refractivity contribution in [2.45, 2.75) is 32.9 Å². The van der Waals surface area contributed by atoms with Crippen molar-refractivity contribution in [2.24, 2.45) is 4.99 Å². The number of hydrogen-bond acceptors (Lipinski definition) is 3. The maximum absolute atomic E-state index is 12.0. The van der Waals surface area contributed by atoms with E-state index >= 15 is 0 Å². The number of guanidine groups is 1. The van der Waals surface area contributed by atoms with Crippen LogP contribution in [0.1, 0.15) is 30.8 Å². The third-order valence-corrected chi connectivity index (χ3v) is 5.22. The SMILES string of the molecule is Cc1nc2ccccc2n1CCCNC(=NCC(=O)N(C)C)NC(C)c1ccccc1. The molecule has 1 atom stereocenters. The lowest BCUT2D eigenvalue weighted by atomic mass is 10.1. The molecule has 0 spiro atoms. The minimum absolute atomic E-state index is 0.0334. The smallest absolute Gasteiger partial charge is 0.243 e. The highest BCUT2D eigenvalue weighted by molar-refractivity contribution is 5.85. The molecular weight excluding hydrogens is 388 g/mol. The second-order valence-corrected chi connectivity index (χ2v) is 7.81. The van der Waals surface area contributed by atoms with Gasteiger partial charge in [0, 0.05) is 27.2 Å². The average Bonchev–Trinajstić information content (AvgIpc) is 3.09. The Hall–Kier alpha value is -3.35. The van der Waals surface area contributed by atoms with Gasteiger partial charge in [0.25, 0.3) is 0 Å². The molecule has 1 aromatic heterocycles. The third kappa shape index (κ3) is 6.07. The number of aromatic nitrogens is 2. The van der Waals surface area contributed by atoms with Gasteiger partial charge in [0.05, 0.1) is 17.1 Å². The predicted octanol–water partition coefficient (Wildman–Crippen LogP) is 3.12. The van der Waals surface area contributed by atoms with Gasteiger partial charge in [0.2, 0.25) is 5.91 Å². The van der Waals surface area contributed by atoms with Crippen molar-refractivity contribution < 1.29 is 4.79 Å². The number of aryl methyl sites for hydroxylation is 2. The number of fused-ring (bicyclic) bond motifs is 1. The van der Waals surface area contributed by atoms with Crippen molar-refractivity contribution in [2.75, 3.05) is 27.2 Å². The zero-order valence-electron chi connectivity index (χ0n) is 18.8. The van der Waals surface area contributed by atoms with Crippen LogP contribution in [0.2, 0.25) is 0 Å². The topological polar surface area (TPSA) is 74.5 Å². The van der Waals surface area contributed by atoms with E-state index in [4.69, 9.17) is 0 Å². The minimum atomic E-state index is -0.0334. The molecule has 7 heteroatoms. The number of carbonyl (C=O) groups excluding carboxylic acids is 1. The predicted molar refractivity (Wildman–Crippen MR) is 126 cm³/mol. The van der Waals surface area contributed by atoms with Gasteiger partial charge < -0.3 is 20.1 Å². The number of rotatable bonds is 8. The molecule has 1 heterocycles. The Labute approximate surface area is 184 Å². The molecule has 164 valence electrons. The van der Waals surface area contributed by atoms with Gasteiger partial charge in [-0.1, -0.05) is 42.5 Å². The lowest BCUT2D eigenvalue weighted by Crippen LogP contribution is -2.40. The summed E-state index contributed by atoms with van der Waals surface area (Å²) in [5.74, 6) is 1.62. The first-order valence-electron chi connectivity index (χ1n) is 10.7. The van der Waals surface area contributed by atoms with Crippen LogP contribution in [0.25, 0.3) is 11.0 Å². The first-order valence-corrected chi connectivity index (χ1v) is 10.7. The quantitative estimate of drug-likeness (QED) is 0.334. The first kappa shape index (κ1) is 22.3. The Balaban J connectivity index is 1.61. The van der Waals surface area contributed by atoms with Crippen LogP contribution in [0.15, 0.2) is 59.6 Å². The summed E-state index contributed by atoms with van der Waals surface area (Å²) in [5, 5.41) is 6.79. The Morgan fingerprint density at radius 1 is 1.13 bits per heavy atom. The van der Waals surface area contributed by atoms with Gasteiger partial charge in [0.1, 0.15) is 12.4 Å². The summed E-state index contributed by atoms with van der Waals surface area (Å²) in [6.07, 6.45) is 0.906. The molecule has 7 nitrogen and oxygen atoms in total. The Morgan fingerprint density at radius 3 is 2.58 bits per heavy atom. The molecule has 0 radical (unpaired) electrons. The molecule has 0 aliphatic rings. The fourth-order valence-corrected chi connectivity index (χ4v) is 3.39. The zero-order chi connectivity index (χ0) is 22.2. The molecule has 3 aromatic rings. The molecule has 0 aliphatic heterocycles. The van der Waals surface area contributed by atoms with Crippen LogP contribution >= 0.6 is 0 Å². The zero-order valence-corrected chi connectivity index (χ0v) is 18.8. The van der Waals surface area contributed by atoms with Crippen molar-refractivity contribution in [3.63, 3.8) is 0 Å². The summed E-state index contributed by atoms with van der Waals surface area (Å²) in [6.45, 7) is 5.82. The molecule has 0 bridgehead atoms. The van der Waals surface area contributed by atoms with Crippen LogP contribution in [-0.4, -0.2) is 53.5 Å². The second kappa shape index (κ2) is 10.6. The molecular formula is C24H32N6O. The van der Waals surface area contributed by atoms with E-state index in [0.717, 1.165) is 41.9 Å². The van der Waals surface area contributed by atoms with Gasteiger partial charge in [-0.2, -0.15) is 0 Å². The first-order chi connectivity index (χ1) is 15.0. The number of nitrogens with zero attached hydrogens (tertiary/aromatic N) is 4. The highest BCUT2D eigenvalue weighted by atomic mass is 16.2. The lowest BCUT2D eigenvalue weighted by Gasteiger charge is -2.19. The molecule has 0 saturated heterocycles. The molecule has 0 fully saturated rings. The Bertz CT molecular complexity index is 1020. The van der Waals surface area contributed by atoms with E-state index in [-0.39, 0.29) is 18.5 Å². The number of hydrogen-bond donors (Lipinski definition) is 2. The highest BCUT2D eigenvalue weighted by Gasteiger charge is 2.10. The fraction of sp³-hybridized carbons (Fsp3) is 0.375. The van der Waals surface area contributed by atoms with Gasteiger partial charge in [-0.05, 0) is 38.0 Å². The molecule has 2 N–H and O–H groups in total. The van der Waals surface area contributed by atoms with E-state index in [1.165, 1.54) is 0 Å². The summed E-state index contributed by atoms with van der Waals surface area (Å²) in [5.41, 5.74) is 3.34. The monoisotopic (exact) mass is 420 g/mol. The highest BCUT2D eigenvalue weighted by Crippen LogP contribution is 2.15. The summed E-state index contributed by atoms with van der Waals surface area (Å²) in [7, 11) is 3.48. The standard InChI is InChI=1S/C24H32N6O/c1-18(20-11-6-5-7-12-20)27-24(26-17-23(31)29(3)4)25-15-10-16-30-19(2)28-21-13-8-9-14-22(21)30/h5-9,11-14,18H,10,15-17H2,1-4H3,(H2,25,26,27). The number of para-hydroxylation sites is 2. The normalized spacial score (nSPS) is 12.6. The van der Waals surface area contributed by atoms with Crippen molar-refractivity contribution in [1.82, 2.24) is 25.1 Å². The Morgan fingerprint density at radius 2 is 1.84 bits per heavy atom. The van der Waals surface area contributed by atoms with Crippen LogP contribution in [0.4, 0.5) is 0 Å². The third-order valence-electron chi connectivity index (χ3n) is 5.22. The summed E-state index contributed by atoms with van der Waals surface area (Å²) >= 11 is 0. The van der Waals surface area contributed by atoms with Gasteiger partial charge in [-0.3, -0.25) is 4.79 Å². The Kier molecular flexibility index (Phi) is 7.65. The number of aliphatic imine (C=N–C) groups is 1. The number of imidazole rings is 1. The maximum atomic E-state index is 12.0. The molecule has 1 amide bonds. The fourth-order valence-electron chi connectivity index (χ4n) is 3.39. The van der Waals surface area contributed by atoms with Crippen LogP contribution in [0, 0.1) is 6.92 Å². The summed E-state index contributed by atoms with van der Waals surface area (Å²) in [6, 6.07) is 18.5. The van der Waals surface area contributed by atoms with Crippen LogP contribution in [0.5, 0.6) is 0 Å². The number of likely N-dealkylation sites (N-methyl/N-ethyl adjacent to an activating group) is 1. The minimum Gasteiger partial charge on any atom is -0.356 e. The number of carbonyl (C=O) groups is 1. The van der Waals surface area contributed by atoms with E-state index in [0.29, 0.717) is 5.96 Å². The lowest BCUT2D eigenvalue weighted by molar-refractivity contribution is -0.127. The van der Waals surface area contributed by atoms with Gasteiger partial charge in [0.15, 0.2) is 5.96 Å². The molecule has 3 rings (SSSR count). The average molecular weight is 421 g/mol. The van der Waals surface area contributed by atoms with E-state index in [1.807, 2.05) is 43.3 Å². The van der Waals surface area contributed by atoms with Crippen LogP contribution in [0.3, 0.4) is 0 Å². The molecule has 31 heavy (non-hydrogen) atoms. The number of amides is 1. The number of benzene rings is 2. The summed E-state index contributed by atoms with van der Waals surface area (Å²) < 4.78 is 2.24. The van der Waals surface area contributed by atoms with Gasteiger partial charge >= 0.3 is 0 Å². The second-order valence-electron chi connectivity index (χ2n) is 7.81. The van der Waals surface area contributed by atoms with E-state index < -0.39 is 0 Å². The van der Waals surface area contributed by atoms with Crippen molar-refractivity contribution in [3.8, 4) is 0 Å². The van der Waals surface area contributed by atoms with Crippen molar-refractivity contribution in [3.05, 3.63) is 66.0 Å². The molecule has 0 aliphatic carbocycles. The van der Waals surface area contributed by atoms with Crippen LogP contribution < -0.4 is 10.6 Å². The van der Waals surface area contributed by atoms with Gasteiger partial charge in [-0.25, -0.2) is 9.98 Å². The van der Waals surface area contributed by atoms with Crippen molar-refractivity contribution >= 4 is 22.9 Å². The van der Waals surface area contributed by atoms with E-state index in [2.05, 4.69) is 50.3 Å². The van der Waals surface area contributed by atoms with Gasteiger partial charge in [-0.15, -0.1) is 0 Å².